The molecule has 214 valence electrons. The number of rotatable bonds is 11. The van der Waals surface area contributed by atoms with Crippen molar-refractivity contribution in [2.45, 2.75) is 26.9 Å². The fraction of sp³-hybridized carbons (Fsp3) is 0.433. The topological polar surface area (TPSA) is 101 Å². The first-order valence-corrected chi connectivity index (χ1v) is 13.6. The number of hydrogen-bond donors (Lipinski definition) is 2. The smallest absolute Gasteiger partial charge is 0.412 e. The molecule has 1 atom stereocenters. The SMILES string of the molecule is Cc1ccc(C2CN(CCOC(=O)Nc3ccnc(Nc4ccc(OCCN(C)C)cc4)n3)CCO2)c(C)c1C. The van der Waals surface area contributed by atoms with Crippen LogP contribution in [-0.4, -0.2) is 86.0 Å². The predicted octanol–water partition coefficient (Wildman–Crippen LogP) is 4.71. The van der Waals surface area contributed by atoms with Gasteiger partial charge in [-0.25, -0.2) is 9.78 Å². The lowest BCUT2D eigenvalue weighted by molar-refractivity contribution is -0.0344. The van der Waals surface area contributed by atoms with E-state index in [1.165, 1.54) is 22.3 Å². The number of amides is 1. The van der Waals surface area contributed by atoms with E-state index in [0.717, 1.165) is 31.1 Å². The number of likely N-dealkylation sites (N-methyl/N-ethyl adjacent to an activating group) is 1. The van der Waals surface area contributed by atoms with Crippen LogP contribution in [0.4, 0.5) is 22.2 Å². The van der Waals surface area contributed by atoms with Gasteiger partial charge in [0.2, 0.25) is 5.95 Å². The molecule has 0 saturated carbocycles. The van der Waals surface area contributed by atoms with Crippen LogP contribution in [0.3, 0.4) is 0 Å². The quantitative estimate of drug-likeness (QED) is 0.353. The minimum Gasteiger partial charge on any atom is -0.492 e. The first kappa shape index (κ1) is 29.3. The van der Waals surface area contributed by atoms with Gasteiger partial charge < -0.3 is 24.4 Å². The van der Waals surface area contributed by atoms with Gasteiger partial charge in [-0.2, -0.15) is 4.98 Å². The van der Waals surface area contributed by atoms with Crippen molar-refractivity contribution in [3.63, 3.8) is 0 Å². The minimum absolute atomic E-state index is 0.0145. The number of morpholine rings is 1. The second kappa shape index (κ2) is 14.1. The molecule has 0 spiro atoms. The van der Waals surface area contributed by atoms with E-state index in [1.54, 1.807) is 12.3 Å². The second-order valence-corrected chi connectivity index (χ2v) is 10.2. The molecule has 1 aliphatic heterocycles. The Morgan fingerprint density at radius 1 is 1.07 bits per heavy atom. The molecule has 0 radical (unpaired) electrons. The molecule has 0 bridgehead atoms. The molecule has 2 heterocycles. The Balaban J connectivity index is 1.21. The fourth-order valence-electron chi connectivity index (χ4n) is 4.43. The van der Waals surface area contributed by atoms with E-state index in [2.05, 4.69) is 63.3 Å². The van der Waals surface area contributed by atoms with Gasteiger partial charge in [0.1, 0.15) is 24.8 Å². The predicted molar refractivity (Wildman–Crippen MR) is 157 cm³/mol. The van der Waals surface area contributed by atoms with Crippen molar-refractivity contribution in [3.8, 4) is 5.75 Å². The second-order valence-electron chi connectivity index (χ2n) is 10.2. The third-order valence-corrected chi connectivity index (χ3v) is 7.04. The van der Waals surface area contributed by atoms with Gasteiger partial charge in [-0.3, -0.25) is 10.2 Å². The Kier molecular flexibility index (Phi) is 10.3. The first-order chi connectivity index (χ1) is 19.3. The molecule has 1 fully saturated rings. The summed E-state index contributed by atoms with van der Waals surface area (Å²) in [5.41, 5.74) is 5.90. The van der Waals surface area contributed by atoms with Crippen LogP contribution < -0.4 is 15.4 Å². The minimum atomic E-state index is -0.557. The van der Waals surface area contributed by atoms with Gasteiger partial charge in [0.25, 0.3) is 0 Å². The van der Waals surface area contributed by atoms with Gasteiger partial charge in [0, 0.05) is 38.1 Å². The standard InChI is InChI=1S/C30H40N6O4/c1-21-6-11-26(23(3)22(21)2)27-20-36(15-18-39-27)16-19-40-30(37)34-28-12-13-31-29(33-28)32-24-7-9-25(10-8-24)38-17-14-35(4)5/h6-13,27H,14-20H2,1-5H3,(H2,31,32,33,34,37). The number of anilines is 3. The van der Waals surface area contributed by atoms with Crippen LogP contribution in [0.1, 0.15) is 28.4 Å². The average molecular weight is 549 g/mol. The van der Waals surface area contributed by atoms with Gasteiger partial charge in [-0.15, -0.1) is 0 Å². The summed E-state index contributed by atoms with van der Waals surface area (Å²) < 4.78 is 17.2. The Bertz CT molecular complexity index is 1270. The lowest BCUT2D eigenvalue weighted by Crippen LogP contribution is -2.40. The number of nitrogens with zero attached hydrogens (tertiary/aromatic N) is 4. The molecule has 1 unspecified atom stereocenters. The number of carbonyl (C=O) groups is 1. The van der Waals surface area contributed by atoms with Crippen LogP contribution >= 0.6 is 0 Å². The van der Waals surface area contributed by atoms with E-state index in [4.69, 9.17) is 14.2 Å². The largest absolute Gasteiger partial charge is 0.492 e. The third-order valence-electron chi connectivity index (χ3n) is 7.04. The van der Waals surface area contributed by atoms with E-state index in [-0.39, 0.29) is 12.7 Å². The summed E-state index contributed by atoms with van der Waals surface area (Å²) in [5.74, 6) is 1.50. The number of ether oxygens (including phenoxy) is 3. The van der Waals surface area contributed by atoms with Crippen molar-refractivity contribution >= 4 is 23.5 Å². The Labute approximate surface area is 236 Å². The van der Waals surface area contributed by atoms with Crippen LogP contribution in [0.2, 0.25) is 0 Å². The summed E-state index contributed by atoms with van der Waals surface area (Å²) in [6, 6.07) is 13.5. The highest BCUT2D eigenvalue weighted by Gasteiger charge is 2.24. The highest BCUT2D eigenvalue weighted by Crippen LogP contribution is 2.28. The van der Waals surface area contributed by atoms with E-state index in [9.17, 15) is 4.79 Å². The number of aryl methyl sites for hydroxylation is 1. The molecule has 2 aromatic carbocycles. The molecule has 40 heavy (non-hydrogen) atoms. The lowest BCUT2D eigenvalue weighted by atomic mass is 9.95. The number of benzene rings is 2. The molecule has 1 aromatic heterocycles. The van der Waals surface area contributed by atoms with Crippen molar-refractivity contribution in [1.82, 2.24) is 19.8 Å². The van der Waals surface area contributed by atoms with Crippen LogP contribution in [0.15, 0.2) is 48.7 Å². The molecule has 1 amide bonds. The van der Waals surface area contributed by atoms with Gasteiger partial charge in [0.05, 0.1) is 12.7 Å². The highest BCUT2D eigenvalue weighted by atomic mass is 16.5. The number of hydrogen-bond acceptors (Lipinski definition) is 9. The Morgan fingerprint density at radius 3 is 2.65 bits per heavy atom. The van der Waals surface area contributed by atoms with E-state index < -0.39 is 6.09 Å². The van der Waals surface area contributed by atoms with Crippen molar-refractivity contribution in [1.29, 1.82) is 0 Å². The zero-order valence-corrected chi connectivity index (χ0v) is 24.1. The van der Waals surface area contributed by atoms with Crippen molar-refractivity contribution in [2.75, 3.05) is 70.7 Å². The van der Waals surface area contributed by atoms with E-state index in [0.29, 0.717) is 31.5 Å². The maximum atomic E-state index is 12.4. The average Bonchev–Trinajstić information content (AvgIpc) is 2.93. The maximum Gasteiger partial charge on any atom is 0.412 e. The van der Waals surface area contributed by atoms with Crippen LogP contribution in [0, 0.1) is 20.8 Å². The number of carbonyl (C=O) groups excluding carboxylic acids is 1. The van der Waals surface area contributed by atoms with Gasteiger partial charge in [-0.05, 0) is 87.5 Å². The summed E-state index contributed by atoms with van der Waals surface area (Å²) in [7, 11) is 4.01. The molecule has 10 heteroatoms. The van der Waals surface area contributed by atoms with Crippen molar-refractivity contribution < 1.29 is 19.0 Å². The summed E-state index contributed by atoms with van der Waals surface area (Å²) in [4.78, 5) is 25.3. The van der Waals surface area contributed by atoms with Crippen LogP contribution in [0.25, 0.3) is 0 Å². The molecule has 0 aliphatic carbocycles. The summed E-state index contributed by atoms with van der Waals surface area (Å²) in [5, 5.41) is 5.82. The highest BCUT2D eigenvalue weighted by molar-refractivity contribution is 5.83. The molecule has 3 aromatic rings. The summed E-state index contributed by atoms with van der Waals surface area (Å²) in [6.45, 7) is 11.0. The fourth-order valence-corrected chi connectivity index (χ4v) is 4.43. The van der Waals surface area contributed by atoms with Crippen molar-refractivity contribution in [2.24, 2.45) is 0 Å². The zero-order chi connectivity index (χ0) is 28.5. The first-order valence-electron chi connectivity index (χ1n) is 13.6. The maximum absolute atomic E-state index is 12.4. The monoisotopic (exact) mass is 548 g/mol. The van der Waals surface area contributed by atoms with Crippen LogP contribution in [0.5, 0.6) is 5.75 Å². The molecule has 4 rings (SSSR count). The van der Waals surface area contributed by atoms with Gasteiger partial charge >= 0.3 is 6.09 Å². The normalized spacial score (nSPS) is 15.6. The Morgan fingerprint density at radius 2 is 1.88 bits per heavy atom. The molecule has 2 N–H and O–H groups in total. The van der Waals surface area contributed by atoms with Crippen LogP contribution in [-0.2, 0) is 9.47 Å². The molecular weight excluding hydrogens is 508 g/mol. The third kappa shape index (κ3) is 8.38. The summed E-state index contributed by atoms with van der Waals surface area (Å²) >= 11 is 0. The molecule has 10 nitrogen and oxygen atoms in total. The van der Waals surface area contributed by atoms with E-state index >= 15 is 0 Å². The van der Waals surface area contributed by atoms with Gasteiger partial charge in [-0.1, -0.05) is 12.1 Å². The zero-order valence-electron chi connectivity index (χ0n) is 24.1. The molecule has 1 aliphatic rings. The molecule has 1 saturated heterocycles. The summed E-state index contributed by atoms with van der Waals surface area (Å²) in [6.07, 6.45) is 1.03. The van der Waals surface area contributed by atoms with Gasteiger partial charge in [0.15, 0.2) is 0 Å². The molecular formula is C30H40N6O4. The Hall–Kier alpha value is -3.73. The van der Waals surface area contributed by atoms with Crippen molar-refractivity contribution in [3.05, 3.63) is 70.9 Å². The van der Waals surface area contributed by atoms with E-state index in [1.807, 2.05) is 38.4 Å². The number of aromatic nitrogens is 2. The number of nitrogens with one attached hydrogen (secondary N) is 2. The lowest BCUT2D eigenvalue weighted by Gasteiger charge is -2.34.